The lowest BCUT2D eigenvalue weighted by atomic mass is 9.99. The van der Waals surface area contributed by atoms with Crippen molar-refractivity contribution >= 4 is 35.0 Å². The first kappa shape index (κ1) is 34.7. The van der Waals surface area contributed by atoms with Crippen molar-refractivity contribution in [1.82, 2.24) is 10.2 Å². The summed E-state index contributed by atoms with van der Waals surface area (Å²) in [7, 11) is 0. The molecule has 3 amide bonds. The van der Waals surface area contributed by atoms with Crippen LogP contribution in [-0.4, -0.2) is 105 Å². The van der Waals surface area contributed by atoms with Gasteiger partial charge >= 0.3 is 0 Å². The first-order chi connectivity index (χ1) is 20.7. The highest BCUT2D eigenvalue weighted by molar-refractivity contribution is 6.48. The highest BCUT2D eigenvalue weighted by Crippen LogP contribution is 2.28. The average molecular weight is 628 g/mol. The number of aliphatic hydroxyl groups excluding tert-OH is 5. The summed E-state index contributed by atoms with van der Waals surface area (Å²) in [6.07, 6.45) is -0.263. The Morgan fingerprint density at radius 2 is 1.56 bits per heavy atom. The number of nitrogens with one attached hydrogen (secondary N) is 2. The van der Waals surface area contributed by atoms with Gasteiger partial charge in [-0.1, -0.05) is 37.3 Å². The third kappa shape index (κ3) is 9.86. The highest BCUT2D eigenvalue weighted by Gasteiger charge is 2.44. The summed E-state index contributed by atoms with van der Waals surface area (Å²) in [5, 5.41) is 53.6. The van der Waals surface area contributed by atoms with Gasteiger partial charge in [-0.2, -0.15) is 0 Å². The van der Waals surface area contributed by atoms with Crippen LogP contribution in [0.15, 0.2) is 35.0 Å². The number of rotatable bonds is 18. The Bertz CT molecular complexity index is 1100. The molecule has 0 unspecified atom stereocenters. The molecule has 3 rings (SSSR count). The van der Waals surface area contributed by atoms with E-state index in [1.165, 1.54) is 12.1 Å². The van der Waals surface area contributed by atoms with E-state index in [2.05, 4.69) is 10.6 Å². The van der Waals surface area contributed by atoms with Crippen molar-refractivity contribution in [2.24, 2.45) is 0 Å². The Morgan fingerprint density at radius 1 is 0.884 bits per heavy atom. The number of hydrogen-bond acceptors (Lipinski definition) is 11. The summed E-state index contributed by atoms with van der Waals surface area (Å²) in [4.78, 5) is 38.5. The van der Waals surface area contributed by atoms with Gasteiger partial charge in [0.15, 0.2) is 0 Å². The predicted octanol–water partition coefficient (Wildman–Crippen LogP) is 0.716. The Balaban J connectivity index is 1.39. The van der Waals surface area contributed by atoms with E-state index in [0.717, 1.165) is 43.4 Å². The van der Waals surface area contributed by atoms with Gasteiger partial charge in [-0.15, -0.1) is 0 Å². The van der Waals surface area contributed by atoms with Gasteiger partial charge < -0.3 is 45.6 Å². The number of nitrogens with zero attached hydrogens (tertiary/aromatic N) is 1. The quantitative estimate of drug-likeness (QED) is 0.0894. The Morgan fingerprint density at radius 3 is 2.26 bits per heavy atom. The zero-order valence-corrected chi connectivity index (χ0v) is 24.7. The van der Waals surface area contributed by atoms with Crippen LogP contribution < -0.4 is 15.4 Å². The number of benzene rings is 1. The summed E-state index contributed by atoms with van der Waals surface area (Å²) < 4.78 is 10.9. The normalized spacial score (nSPS) is 24.0. The molecule has 1 saturated heterocycles. The molecule has 7 N–H and O–H groups in total. The van der Waals surface area contributed by atoms with Crippen LogP contribution >= 0.6 is 11.6 Å². The topological polar surface area (TPSA) is 198 Å². The van der Waals surface area contributed by atoms with Gasteiger partial charge in [0.2, 0.25) is 12.2 Å². The van der Waals surface area contributed by atoms with Crippen LogP contribution in [0.4, 0.5) is 5.69 Å². The second-order valence-corrected chi connectivity index (χ2v) is 10.9. The fraction of sp³-hybridized carbons (Fsp3) is 0.621. The van der Waals surface area contributed by atoms with Crippen LogP contribution in [-0.2, 0) is 19.1 Å². The number of unbranched alkanes of at least 4 members (excludes halogenated alkanes) is 6. The molecule has 0 bridgehead atoms. The SMILES string of the molecule is O=C(CCCCCCN1C(=O)C(Cl)=C(Nc2ccc(O[C@@H]3O[C@H](CO)[C@H](O)[C@H](O)[C@H]3O)cc2)C1=O)NCCCCCCO. The second-order valence-electron chi connectivity index (χ2n) is 10.6. The Hall–Kier alpha value is -2.78. The number of hydrogen-bond donors (Lipinski definition) is 7. The maximum atomic E-state index is 12.9. The Labute approximate surface area is 255 Å². The van der Waals surface area contributed by atoms with Crippen LogP contribution in [0, 0.1) is 0 Å². The molecular weight excluding hydrogens is 586 g/mol. The van der Waals surface area contributed by atoms with Crippen molar-refractivity contribution in [2.45, 2.75) is 88.5 Å². The molecule has 1 aromatic carbocycles. The van der Waals surface area contributed by atoms with E-state index in [-0.39, 0.29) is 35.5 Å². The molecular formula is C29H42ClN3O10. The van der Waals surface area contributed by atoms with Crippen molar-refractivity contribution < 1.29 is 49.4 Å². The Kier molecular flexibility index (Phi) is 14.1. The largest absolute Gasteiger partial charge is 0.462 e. The van der Waals surface area contributed by atoms with Gasteiger partial charge in [0.05, 0.1) is 6.61 Å². The number of anilines is 1. The molecule has 2 aliphatic heterocycles. The maximum Gasteiger partial charge on any atom is 0.278 e. The zero-order valence-electron chi connectivity index (χ0n) is 24.0. The average Bonchev–Trinajstić information content (AvgIpc) is 3.20. The van der Waals surface area contributed by atoms with Crippen LogP contribution in [0.2, 0.25) is 0 Å². The fourth-order valence-corrected chi connectivity index (χ4v) is 4.96. The van der Waals surface area contributed by atoms with Gasteiger partial charge in [-0.05, 0) is 49.9 Å². The van der Waals surface area contributed by atoms with E-state index in [4.69, 9.17) is 26.2 Å². The summed E-state index contributed by atoms with van der Waals surface area (Å²) in [6.45, 7) is 0.443. The summed E-state index contributed by atoms with van der Waals surface area (Å²) in [5.41, 5.74) is 0.378. The lowest BCUT2D eigenvalue weighted by Crippen LogP contribution is -2.60. The first-order valence-electron chi connectivity index (χ1n) is 14.7. The fourth-order valence-electron chi connectivity index (χ4n) is 4.73. The van der Waals surface area contributed by atoms with Crippen molar-refractivity contribution in [3.63, 3.8) is 0 Å². The molecule has 0 spiro atoms. The van der Waals surface area contributed by atoms with Gasteiger partial charge in [-0.3, -0.25) is 19.3 Å². The van der Waals surface area contributed by atoms with Crippen LogP contribution in [0.5, 0.6) is 5.75 Å². The minimum Gasteiger partial charge on any atom is -0.462 e. The maximum absolute atomic E-state index is 12.9. The molecule has 0 radical (unpaired) electrons. The monoisotopic (exact) mass is 627 g/mol. The zero-order chi connectivity index (χ0) is 31.4. The second kappa shape index (κ2) is 17.5. The highest BCUT2D eigenvalue weighted by atomic mass is 35.5. The minimum atomic E-state index is -1.57. The number of carbonyl (C=O) groups is 3. The molecule has 14 heteroatoms. The van der Waals surface area contributed by atoms with E-state index in [1.807, 2.05) is 0 Å². The molecule has 1 aromatic rings. The van der Waals surface area contributed by atoms with Gasteiger partial charge in [-0.25, -0.2) is 0 Å². The van der Waals surface area contributed by atoms with Crippen molar-refractivity contribution in [3.8, 4) is 5.75 Å². The lowest BCUT2D eigenvalue weighted by molar-refractivity contribution is -0.277. The summed E-state index contributed by atoms with van der Waals surface area (Å²) in [5.74, 6) is -0.894. The van der Waals surface area contributed by atoms with Crippen molar-refractivity contribution in [3.05, 3.63) is 35.0 Å². The number of amides is 3. The van der Waals surface area contributed by atoms with Crippen LogP contribution in [0.3, 0.4) is 0 Å². The molecule has 0 aromatic heterocycles. The smallest absolute Gasteiger partial charge is 0.278 e. The first-order valence-corrected chi connectivity index (χ1v) is 15.0. The van der Waals surface area contributed by atoms with Crippen LogP contribution in [0.25, 0.3) is 0 Å². The summed E-state index contributed by atoms with van der Waals surface area (Å²) in [6, 6.07) is 6.09. The van der Waals surface area contributed by atoms with Gasteiger partial charge in [0, 0.05) is 31.8 Å². The van der Waals surface area contributed by atoms with Gasteiger partial charge in [0.25, 0.3) is 11.8 Å². The van der Waals surface area contributed by atoms with Gasteiger partial charge in [0.1, 0.15) is 40.9 Å². The molecule has 5 atom stereocenters. The molecule has 0 saturated carbocycles. The molecule has 43 heavy (non-hydrogen) atoms. The lowest BCUT2D eigenvalue weighted by Gasteiger charge is -2.39. The third-order valence-electron chi connectivity index (χ3n) is 7.28. The summed E-state index contributed by atoms with van der Waals surface area (Å²) >= 11 is 6.19. The van der Waals surface area contributed by atoms with E-state index in [1.54, 1.807) is 12.1 Å². The molecule has 13 nitrogen and oxygen atoms in total. The number of ether oxygens (including phenoxy) is 2. The molecule has 240 valence electrons. The van der Waals surface area contributed by atoms with Crippen LogP contribution in [0.1, 0.15) is 57.8 Å². The van der Waals surface area contributed by atoms with E-state index in [9.17, 15) is 34.8 Å². The van der Waals surface area contributed by atoms with E-state index < -0.39 is 49.1 Å². The molecule has 1 fully saturated rings. The number of carbonyl (C=O) groups excluding carboxylic acids is 3. The third-order valence-corrected chi connectivity index (χ3v) is 7.63. The number of imide groups is 1. The standard InChI is InChI=1S/C29H42ClN3O10/c30-22-23(32-18-10-12-19(13-11-18)42-29-26(39)25(38)24(37)20(17-35)43-29)28(41)33(27(22)40)15-7-3-1-5-9-21(36)31-14-6-2-4-8-16-34/h10-13,20,24-26,29,32,34-35,37-39H,1-9,14-17H2,(H,31,36)/t20-,24+,25+,26-,29-/m1/s1. The molecule has 2 aliphatic rings. The van der Waals surface area contributed by atoms with Crippen molar-refractivity contribution in [2.75, 3.05) is 31.6 Å². The predicted molar refractivity (Wildman–Crippen MR) is 156 cm³/mol. The van der Waals surface area contributed by atoms with E-state index in [0.29, 0.717) is 31.5 Å². The van der Waals surface area contributed by atoms with Crippen molar-refractivity contribution in [1.29, 1.82) is 0 Å². The number of aliphatic hydroxyl groups is 5. The molecule has 2 heterocycles. The number of halogens is 1. The minimum absolute atomic E-state index is 0.00670. The molecule has 0 aliphatic carbocycles. The van der Waals surface area contributed by atoms with E-state index >= 15 is 0 Å².